The van der Waals surface area contributed by atoms with Crippen LogP contribution in [0.15, 0.2) is 0 Å². The number of nitrogens with one attached hydrogen (secondary N) is 1. The van der Waals surface area contributed by atoms with E-state index in [1.54, 1.807) is 0 Å². The Morgan fingerprint density at radius 2 is 2.16 bits per heavy atom. The van der Waals surface area contributed by atoms with Gasteiger partial charge in [-0.15, -0.1) is 0 Å². The lowest BCUT2D eigenvalue weighted by molar-refractivity contribution is -0.130. The highest BCUT2D eigenvalue weighted by molar-refractivity contribution is 8.00. The molecule has 3 nitrogen and oxygen atoms in total. The third kappa shape index (κ3) is 3.46. The summed E-state index contributed by atoms with van der Waals surface area (Å²) in [6, 6.07) is 0.0615. The molecule has 1 aliphatic heterocycles. The summed E-state index contributed by atoms with van der Waals surface area (Å²) in [4.78, 5) is 14.7. The van der Waals surface area contributed by atoms with Gasteiger partial charge in [-0.05, 0) is 37.9 Å². The Morgan fingerprint density at radius 1 is 1.47 bits per heavy atom. The van der Waals surface area contributed by atoms with Crippen LogP contribution in [-0.4, -0.2) is 40.6 Å². The van der Waals surface area contributed by atoms with Gasteiger partial charge in [0.2, 0.25) is 5.91 Å². The van der Waals surface area contributed by atoms with Gasteiger partial charge in [0.1, 0.15) is 0 Å². The molecule has 4 heteroatoms. The molecule has 2 fully saturated rings. The average molecular weight is 284 g/mol. The predicted octanol–water partition coefficient (Wildman–Crippen LogP) is 2.85. The first-order valence-corrected chi connectivity index (χ1v) is 8.85. The van der Waals surface area contributed by atoms with Crippen LogP contribution in [-0.2, 0) is 4.79 Å². The molecule has 0 spiro atoms. The second kappa shape index (κ2) is 6.04. The van der Waals surface area contributed by atoms with E-state index in [4.69, 9.17) is 0 Å². The molecule has 2 atom stereocenters. The molecule has 1 heterocycles. The lowest BCUT2D eigenvalue weighted by Crippen LogP contribution is -2.42. The van der Waals surface area contributed by atoms with Crippen molar-refractivity contribution in [1.82, 2.24) is 10.2 Å². The number of carbonyl (C=O) groups excluding carboxylic acids is 1. The minimum Gasteiger partial charge on any atom is -0.324 e. The molecule has 1 amide bonds. The van der Waals surface area contributed by atoms with Crippen LogP contribution in [0, 0.1) is 5.92 Å². The Labute approximate surface area is 121 Å². The minimum atomic E-state index is 0.0615. The van der Waals surface area contributed by atoms with E-state index in [0.29, 0.717) is 16.6 Å². The van der Waals surface area contributed by atoms with Crippen molar-refractivity contribution >= 4 is 17.7 Å². The molecule has 0 aromatic heterocycles. The molecule has 0 aromatic rings. The third-order valence-corrected chi connectivity index (χ3v) is 5.73. The summed E-state index contributed by atoms with van der Waals surface area (Å²) in [6.07, 6.45) is 8.08. The van der Waals surface area contributed by atoms with E-state index in [2.05, 4.69) is 37.2 Å². The lowest BCUT2D eigenvalue weighted by Gasteiger charge is -2.29. The SMILES string of the molecule is CCCC1NC(CC(C)C)N(CC2(SC)CC2)C1=O. The summed E-state index contributed by atoms with van der Waals surface area (Å²) in [5.41, 5.74) is 0. The van der Waals surface area contributed by atoms with Crippen LogP contribution in [0.5, 0.6) is 0 Å². The molecular weight excluding hydrogens is 256 g/mol. The molecule has 1 saturated carbocycles. The highest BCUT2D eigenvalue weighted by Gasteiger charge is 2.48. The number of thioether (sulfide) groups is 1. The number of carbonyl (C=O) groups is 1. The zero-order valence-corrected chi connectivity index (χ0v) is 13.6. The van der Waals surface area contributed by atoms with Crippen LogP contribution >= 0.6 is 11.8 Å². The zero-order valence-electron chi connectivity index (χ0n) is 12.7. The summed E-state index contributed by atoms with van der Waals surface area (Å²) < 4.78 is 0.369. The largest absolute Gasteiger partial charge is 0.324 e. The van der Waals surface area contributed by atoms with Gasteiger partial charge in [-0.25, -0.2) is 0 Å². The van der Waals surface area contributed by atoms with Gasteiger partial charge in [0.25, 0.3) is 0 Å². The Morgan fingerprint density at radius 3 is 2.63 bits per heavy atom. The predicted molar refractivity (Wildman–Crippen MR) is 82.3 cm³/mol. The molecule has 0 radical (unpaired) electrons. The van der Waals surface area contributed by atoms with Gasteiger partial charge in [0.05, 0.1) is 12.2 Å². The second-order valence-corrected chi connectivity index (χ2v) is 7.78. The molecule has 110 valence electrons. The van der Waals surface area contributed by atoms with E-state index in [-0.39, 0.29) is 12.2 Å². The standard InChI is InChI=1S/C15H28N2OS/c1-5-6-12-14(18)17(10-15(19-4)7-8-15)13(16-12)9-11(2)3/h11-13,16H,5-10H2,1-4H3. The second-order valence-electron chi connectivity index (χ2n) is 6.51. The first-order valence-electron chi connectivity index (χ1n) is 7.63. The van der Waals surface area contributed by atoms with E-state index < -0.39 is 0 Å². The van der Waals surface area contributed by atoms with Crippen molar-refractivity contribution in [2.75, 3.05) is 12.8 Å². The first kappa shape index (κ1) is 15.2. The van der Waals surface area contributed by atoms with E-state index in [1.165, 1.54) is 12.8 Å². The number of nitrogens with zero attached hydrogens (tertiary/aromatic N) is 1. The molecule has 2 aliphatic rings. The van der Waals surface area contributed by atoms with Crippen LogP contribution in [0.1, 0.15) is 52.9 Å². The lowest BCUT2D eigenvalue weighted by atomic mass is 10.1. The van der Waals surface area contributed by atoms with Crippen LogP contribution in [0.25, 0.3) is 0 Å². The quantitative estimate of drug-likeness (QED) is 0.780. The summed E-state index contributed by atoms with van der Waals surface area (Å²) >= 11 is 1.94. The van der Waals surface area contributed by atoms with Gasteiger partial charge < -0.3 is 4.90 Å². The van der Waals surface area contributed by atoms with Gasteiger partial charge in [-0.3, -0.25) is 10.1 Å². The number of amides is 1. The average Bonchev–Trinajstić information content (AvgIpc) is 3.08. The monoisotopic (exact) mass is 284 g/mol. The Bertz CT molecular complexity index is 328. The number of hydrogen-bond acceptors (Lipinski definition) is 3. The van der Waals surface area contributed by atoms with E-state index in [0.717, 1.165) is 25.8 Å². The molecule has 2 unspecified atom stereocenters. The smallest absolute Gasteiger partial charge is 0.241 e. The first-order chi connectivity index (χ1) is 9.01. The number of rotatable bonds is 7. The molecule has 0 bridgehead atoms. The fraction of sp³-hybridized carbons (Fsp3) is 0.933. The van der Waals surface area contributed by atoms with Crippen molar-refractivity contribution in [3.8, 4) is 0 Å². The minimum absolute atomic E-state index is 0.0615. The number of hydrogen-bond donors (Lipinski definition) is 1. The van der Waals surface area contributed by atoms with E-state index >= 15 is 0 Å². The molecule has 1 saturated heterocycles. The zero-order chi connectivity index (χ0) is 14.0. The van der Waals surface area contributed by atoms with E-state index in [1.807, 2.05) is 11.8 Å². The van der Waals surface area contributed by atoms with Gasteiger partial charge in [-0.1, -0.05) is 27.2 Å². The third-order valence-electron chi connectivity index (χ3n) is 4.32. The van der Waals surface area contributed by atoms with Crippen molar-refractivity contribution in [1.29, 1.82) is 0 Å². The summed E-state index contributed by atoms with van der Waals surface area (Å²) in [6.45, 7) is 7.56. The Kier molecular flexibility index (Phi) is 4.83. The highest BCUT2D eigenvalue weighted by Crippen LogP contribution is 2.48. The fourth-order valence-corrected chi connectivity index (χ4v) is 3.73. The summed E-state index contributed by atoms with van der Waals surface area (Å²) in [7, 11) is 0. The van der Waals surface area contributed by atoms with Crippen molar-refractivity contribution in [2.24, 2.45) is 5.92 Å². The van der Waals surface area contributed by atoms with Gasteiger partial charge in [0.15, 0.2) is 0 Å². The molecular formula is C15H28N2OS. The van der Waals surface area contributed by atoms with Gasteiger partial charge in [0, 0.05) is 11.3 Å². The Balaban J connectivity index is 2.04. The fourth-order valence-electron chi connectivity index (χ4n) is 2.95. The molecule has 19 heavy (non-hydrogen) atoms. The van der Waals surface area contributed by atoms with Crippen LogP contribution < -0.4 is 5.32 Å². The van der Waals surface area contributed by atoms with Crippen molar-refractivity contribution in [3.63, 3.8) is 0 Å². The van der Waals surface area contributed by atoms with Gasteiger partial charge >= 0.3 is 0 Å². The normalized spacial score (nSPS) is 29.3. The maximum atomic E-state index is 12.6. The molecule has 1 aliphatic carbocycles. The molecule has 0 aromatic carbocycles. The van der Waals surface area contributed by atoms with Crippen molar-refractivity contribution < 1.29 is 4.79 Å². The summed E-state index contributed by atoms with van der Waals surface area (Å²) in [5.74, 6) is 0.963. The topological polar surface area (TPSA) is 32.3 Å². The van der Waals surface area contributed by atoms with Gasteiger partial charge in [-0.2, -0.15) is 11.8 Å². The highest BCUT2D eigenvalue weighted by atomic mass is 32.2. The maximum absolute atomic E-state index is 12.6. The molecule has 1 N–H and O–H groups in total. The van der Waals surface area contributed by atoms with Crippen molar-refractivity contribution in [2.45, 2.75) is 69.8 Å². The Hall–Kier alpha value is -0.220. The van der Waals surface area contributed by atoms with Crippen molar-refractivity contribution in [3.05, 3.63) is 0 Å². The van der Waals surface area contributed by atoms with Crippen LogP contribution in [0.2, 0.25) is 0 Å². The van der Waals surface area contributed by atoms with Crippen LogP contribution in [0.4, 0.5) is 0 Å². The molecule has 2 rings (SSSR count). The summed E-state index contributed by atoms with van der Waals surface area (Å²) in [5, 5.41) is 3.56. The van der Waals surface area contributed by atoms with E-state index in [9.17, 15) is 4.79 Å². The van der Waals surface area contributed by atoms with Crippen LogP contribution in [0.3, 0.4) is 0 Å². The maximum Gasteiger partial charge on any atom is 0.241 e.